The molecule has 3 heterocycles. The van der Waals surface area contributed by atoms with E-state index in [2.05, 4.69) is 14.5 Å². The van der Waals surface area contributed by atoms with Crippen LogP contribution in [0.25, 0.3) is 0 Å². The monoisotopic (exact) mass is 254 g/mol. The maximum absolute atomic E-state index is 8.69. The van der Waals surface area contributed by atoms with E-state index in [1.807, 2.05) is 18.5 Å². The molecule has 5 heteroatoms. The zero-order valence-corrected chi connectivity index (χ0v) is 10.5. The van der Waals surface area contributed by atoms with Crippen LogP contribution in [-0.2, 0) is 13.0 Å². The highest BCUT2D eigenvalue weighted by molar-refractivity contribution is 5.28. The minimum Gasteiger partial charge on any atom is -0.477 e. The first kappa shape index (κ1) is 11.7. The summed E-state index contributed by atoms with van der Waals surface area (Å²) in [6.45, 7) is 1.65. The van der Waals surface area contributed by atoms with Gasteiger partial charge in [0.1, 0.15) is 11.9 Å². The smallest absolute Gasteiger partial charge is 0.213 e. The first-order chi connectivity index (χ1) is 9.35. The van der Waals surface area contributed by atoms with Gasteiger partial charge in [0.2, 0.25) is 5.88 Å². The molecule has 1 unspecified atom stereocenters. The molecule has 0 radical (unpaired) electrons. The predicted molar refractivity (Wildman–Crippen MR) is 68.5 cm³/mol. The van der Waals surface area contributed by atoms with Gasteiger partial charge in [-0.25, -0.2) is 9.97 Å². The normalized spacial score (nSPS) is 17.5. The van der Waals surface area contributed by atoms with Crippen molar-refractivity contribution in [2.75, 3.05) is 6.61 Å². The Kier molecular flexibility index (Phi) is 3.15. The maximum atomic E-state index is 8.69. The van der Waals surface area contributed by atoms with Crippen molar-refractivity contribution in [3.05, 3.63) is 42.1 Å². The molecular formula is C14H14N4O. The second-order valence-electron chi connectivity index (χ2n) is 4.70. The van der Waals surface area contributed by atoms with Gasteiger partial charge in [-0.05, 0) is 12.5 Å². The van der Waals surface area contributed by atoms with E-state index in [1.54, 1.807) is 12.1 Å². The number of aryl methyl sites for hydroxylation is 1. The molecule has 0 N–H and O–H groups in total. The first-order valence-electron chi connectivity index (χ1n) is 6.34. The zero-order chi connectivity index (χ0) is 13.1. The third kappa shape index (κ3) is 2.58. The molecule has 2 aromatic rings. The average Bonchev–Trinajstić information content (AvgIpc) is 2.93. The molecule has 1 aliphatic rings. The molecule has 19 heavy (non-hydrogen) atoms. The summed E-state index contributed by atoms with van der Waals surface area (Å²) in [6, 6.07) is 5.50. The quantitative estimate of drug-likeness (QED) is 0.837. The fourth-order valence-corrected chi connectivity index (χ4v) is 2.29. The van der Waals surface area contributed by atoms with Crippen LogP contribution in [-0.4, -0.2) is 21.1 Å². The van der Waals surface area contributed by atoms with Crippen LogP contribution in [0, 0.1) is 17.2 Å². The van der Waals surface area contributed by atoms with Crippen molar-refractivity contribution in [1.29, 1.82) is 5.26 Å². The number of rotatable bonds is 3. The van der Waals surface area contributed by atoms with Crippen molar-refractivity contribution in [2.24, 2.45) is 5.92 Å². The third-order valence-corrected chi connectivity index (χ3v) is 3.38. The minimum atomic E-state index is 0.479. The lowest BCUT2D eigenvalue weighted by molar-refractivity contribution is 0.212. The number of hydrogen-bond acceptors (Lipinski definition) is 4. The topological polar surface area (TPSA) is 63.7 Å². The molecule has 1 atom stereocenters. The number of nitrogens with zero attached hydrogens (tertiary/aromatic N) is 4. The molecule has 0 saturated carbocycles. The van der Waals surface area contributed by atoms with Crippen molar-refractivity contribution in [1.82, 2.24) is 14.5 Å². The molecule has 0 bridgehead atoms. The van der Waals surface area contributed by atoms with Gasteiger partial charge in [-0.2, -0.15) is 5.26 Å². The van der Waals surface area contributed by atoms with Gasteiger partial charge < -0.3 is 9.30 Å². The Hall–Kier alpha value is -2.35. The van der Waals surface area contributed by atoms with Crippen LogP contribution < -0.4 is 4.74 Å². The Balaban J connectivity index is 1.57. The molecule has 3 rings (SSSR count). The van der Waals surface area contributed by atoms with Crippen LogP contribution in [0.2, 0.25) is 0 Å². The van der Waals surface area contributed by atoms with Gasteiger partial charge in [0.05, 0.1) is 12.2 Å². The largest absolute Gasteiger partial charge is 0.477 e. The molecule has 0 aromatic carbocycles. The summed E-state index contributed by atoms with van der Waals surface area (Å²) < 4.78 is 7.87. The summed E-state index contributed by atoms with van der Waals surface area (Å²) in [5.74, 6) is 2.19. The fourth-order valence-electron chi connectivity index (χ4n) is 2.29. The average molecular weight is 254 g/mol. The Morgan fingerprint density at radius 3 is 3.16 bits per heavy atom. The molecule has 0 saturated heterocycles. The van der Waals surface area contributed by atoms with Crippen LogP contribution in [0.1, 0.15) is 17.8 Å². The summed E-state index contributed by atoms with van der Waals surface area (Å²) in [6.07, 6.45) is 7.45. The molecule has 2 aromatic heterocycles. The van der Waals surface area contributed by atoms with Crippen LogP contribution in [0.5, 0.6) is 5.88 Å². The Morgan fingerprint density at radius 1 is 1.42 bits per heavy atom. The van der Waals surface area contributed by atoms with Crippen molar-refractivity contribution in [2.45, 2.75) is 19.4 Å². The molecule has 0 fully saturated rings. The van der Waals surface area contributed by atoms with E-state index >= 15 is 0 Å². The highest BCUT2D eigenvalue weighted by Gasteiger charge is 2.19. The van der Waals surface area contributed by atoms with E-state index in [0.29, 0.717) is 24.0 Å². The van der Waals surface area contributed by atoms with Crippen molar-refractivity contribution >= 4 is 0 Å². The van der Waals surface area contributed by atoms with E-state index in [-0.39, 0.29) is 0 Å². The highest BCUT2D eigenvalue weighted by atomic mass is 16.5. The number of fused-ring (bicyclic) bond motifs is 1. The lowest BCUT2D eigenvalue weighted by atomic mass is 9.99. The van der Waals surface area contributed by atoms with Crippen LogP contribution in [0.15, 0.2) is 30.7 Å². The number of aromatic nitrogens is 3. The lowest BCUT2D eigenvalue weighted by Gasteiger charge is -2.23. The number of ether oxygens (including phenoxy) is 1. The molecule has 1 aliphatic heterocycles. The van der Waals surface area contributed by atoms with Gasteiger partial charge in [-0.15, -0.1) is 0 Å². The van der Waals surface area contributed by atoms with Gasteiger partial charge in [-0.3, -0.25) is 0 Å². The number of imidazole rings is 1. The van der Waals surface area contributed by atoms with Gasteiger partial charge >= 0.3 is 0 Å². The molecule has 0 spiro atoms. The first-order valence-corrected chi connectivity index (χ1v) is 6.34. The summed E-state index contributed by atoms with van der Waals surface area (Å²) in [5.41, 5.74) is 0.548. The predicted octanol–water partition coefficient (Wildman–Crippen LogP) is 1.79. The van der Waals surface area contributed by atoms with Gasteiger partial charge in [0, 0.05) is 43.5 Å². The summed E-state index contributed by atoms with van der Waals surface area (Å²) in [4.78, 5) is 8.44. The van der Waals surface area contributed by atoms with Gasteiger partial charge in [-0.1, -0.05) is 0 Å². The third-order valence-electron chi connectivity index (χ3n) is 3.38. The van der Waals surface area contributed by atoms with Gasteiger partial charge in [0.15, 0.2) is 0 Å². The van der Waals surface area contributed by atoms with Crippen LogP contribution >= 0.6 is 0 Å². The lowest BCUT2D eigenvalue weighted by Crippen LogP contribution is -2.24. The number of hydrogen-bond donors (Lipinski definition) is 0. The van der Waals surface area contributed by atoms with Crippen molar-refractivity contribution in [3.8, 4) is 11.9 Å². The van der Waals surface area contributed by atoms with Crippen LogP contribution in [0.3, 0.4) is 0 Å². The fraction of sp³-hybridized carbons (Fsp3) is 0.357. The van der Waals surface area contributed by atoms with E-state index in [9.17, 15) is 0 Å². The summed E-state index contributed by atoms with van der Waals surface area (Å²) >= 11 is 0. The summed E-state index contributed by atoms with van der Waals surface area (Å²) in [5, 5.41) is 8.69. The molecule has 5 nitrogen and oxygen atoms in total. The van der Waals surface area contributed by atoms with E-state index in [0.717, 1.165) is 25.2 Å². The van der Waals surface area contributed by atoms with E-state index in [1.165, 1.54) is 6.20 Å². The van der Waals surface area contributed by atoms with Crippen molar-refractivity contribution < 1.29 is 4.74 Å². The molecular weight excluding hydrogens is 240 g/mol. The maximum Gasteiger partial charge on any atom is 0.213 e. The zero-order valence-electron chi connectivity index (χ0n) is 10.5. The second kappa shape index (κ2) is 5.11. The molecule has 96 valence electrons. The Morgan fingerprint density at radius 2 is 2.37 bits per heavy atom. The Bertz CT molecular complexity index is 597. The second-order valence-corrected chi connectivity index (χ2v) is 4.70. The molecule has 0 amide bonds. The Labute approximate surface area is 111 Å². The van der Waals surface area contributed by atoms with Gasteiger partial charge in [0.25, 0.3) is 0 Å². The van der Waals surface area contributed by atoms with E-state index < -0.39 is 0 Å². The minimum absolute atomic E-state index is 0.479. The highest BCUT2D eigenvalue weighted by Crippen LogP contribution is 2.20. The van der Waals surface area contributed by atoms with Crippen LogP contribution in [0.4, 0.5) is 0 Å². The number of nitriles is 1. The standard InChI is InChI=1S/C14H14N4O/c15-8-12-1-2-14(17-9-12)19-10-11-3-5-18-6-4-16-13(18)7-11/h1-2,4,6,9,11H,3,5,7,10H2. The van der Waals surface area contributed by atoms with Crippen molar-refractivity contribution in [3.63, 3.8) is 0 Å². The SMILES string of the molecule is N#Cc1ccc(OCC2CCn3ccnc3C2)nc1. The number of pyridine rings is 1. The molecule has 0 aliphatic carbocycles. The summed E-state index contributed by atoms with van der Waals surface area (Å²) in [7, 11) is 0. The van der Waals surface area contributed by atoms with E-state index in [4.69, 9.17) is 10.00 Å².